The van der Waals surface area contributed by atoms with E-state index in [1.807, 2.05) is 0 Å². The molecule has 0 aliphatic carbocycles. The number of hydrogen-bond donors (Lipinski definition) is 1. The van der Waals surface area contributed by atoms with Crippen LogP contribution in [0.5, 0.6) is 0 Å². The van der Waals surface area contributed by atoms with E-state index in [-0.39, 0.29) is 23.4 Å². The molecule has 0 fully saturated rings. The molecular formula is C9H12ClN3O3. The second-order valence-electron chi connectivity index (χ2n) is 3.40. The van der Waals surface area contributed by atoms with Crippen molar-refractivity contribution in [2.24, 2.45) is 0 Å². The molecule has 0 saturated heterocycles. The Bertz CT molecular complexity index is 400. The molecular weight excluding hydrogens is 234 g/mol. The summed E-state index contributed by atoms with van der Waals surface area (Å²) in [6.07, 6.45) is 1.14. The third-order valence-electron chi connectivity index (χ3n) is 2.28. The van der Waals surface area contributed by atoms with Crippen molar-refractivity contribution in [1.29, 1.82) is 0 Å². The lowest BCUT2D eigenvalue weighted by Crippen LogP contribution is -2.32. The molecule has 0 aliphatic rings. The molecule has 0 saturated carbocycles. The summed E-state index contributed by atoms with van der Waals surface area (Å²) in [5.74, 6) is 0.411. The van der Waals surface area contributed by atoms with E-state index >= 15 is 0 Å². The maximum atomic E-state index is 10.5. The van der Waals surface area contributed by atoms with Gasteiger partial charge in [0.25, 0.3) is 5.69 Å². The van der Waals surface area contributed by atoms with Crippen molar-refractivity contribution in [3.05, 3.63) is 27.4 Å². The molecule has 1 aromatic rings. The minimum absolute atomic E-state index is 0.0501. The number of nitrogens with zero attached hydrogens (tertiary/aromatic N) is 3. The first-order chi connectivity index (χ1) is 7.47. The van der Waals surface area contributed by atoms with E-state index in [4.69, 9.17) is 16.7 Å². The summed E-state index contributed by atoms with van der Waals surface area (Å²) < 4.78 is 0. The summed E-state index contributed by atoms with van der Waals surface area (Å²) in [6, 6.07) is 1.08. The summed E-state index contributed by atoms with van der Waals surface area (Å²) in [5, 5.41) is 19.6. The number of aromatic nitrogens is 1. The van der Waals surface area contributed by atoms with Crippen LogP contribution in [0.2, 0.25) is 5.02 Å². The molecule has 0 spiro atoms. The zero-order chi connectivity index (χ0) is 12.3. The predicted octanol–water partition coefficient (Wildman–Crippen LogP) is 1.46. The summed E-state index contributed by atoms with van der Waals surface area (Å²) in [7, 11) is 1.71. The van der Waals surface area contributed by atoms with E-state index in [0.717, 1.165) is 6.20 Å². The molecule has 1 aromatic heterocycles. The number of anilines is 1. The minimum Gasteiger partial charge on any atom is -0.394 e. The monoisotopic (exact) mass is 245 g/mol. The van der Waals surface area contributed by atoms with Gasteiger partial charge in [-0.1, -0.05) is 11.6 Å². The first kappa shape index (κ1) is 12.7. The quantitative estimate of drug-likeness (QED) is 0.642. The van der Waals surface area contributed by atoms with Gasteiger partial charge in [-0.2, -0.15) is 0 Å². The molecule has 0 aromatic carbocycles. The van der Waals surface area contributed by atoms with Crippen molar-refractivity contribution in [2.45, 2.75) is 13.0 Å². The maximum Gasteiger partial charge on any atom is 0.289 e. The van der Waals surface area contributed by atoms with E-state index in [9.17, 15) is 10.1 Å². The van der Waals surface area contributed by atoms with Crippen molar-refractivity contribution in [3.63, 3.8) is 0 Å². The molecule has 1 rings (SSSR count). The molecule has 1 N–H and O–H groups in total. The predicted molar refractivity (Wildman–Crippen MR) is 60.9 cm³/mol. The Morgan fingerprint density at radius 1 is 1.75 bits per heavy atom. The van der Waals surface area contributed by atoms with E-state index in [1.165, 1.54) is 6.07 Å². The summed E-state index contributed by atoms with van der Waals surface area (Å²) in [4.78, 5) is 15.5. The third-order valence-corrected chi connectivity index (χ3v) is 2.56. The highest BCUT2D eigenvalue weighted by Gasteiger charge is 2.16. The maximum absolute atomic E-state index is 10.5. The fourth-order valence-electron chi connectivity index (χ4n) is 1.11. The Morgan fingerprint density at radius 3 is 2.81 bits per heavy atom. The van der Waals surface area contributed by atoms with E-state index in [1.54, 1.807) is 18.9 Å². The fraction of sp³-hybridized carbons (Fsp3) is 0.444. The SMILES string of the molecule is CC(CO)N(C)c1ncc([N+](=O)[O-])cc1Cl. The second-order valence-corrected chi connectivity index (χ2v) is 3.81. The Morgan fingerprint density at radius 2 is 2.38 bits per heavy atom. The average Bonchev–Trinajstić information content (AvgIpc) is 2.26. The van der Waals surface area contributed by atoms with Crippen LogP contribution in [-0.2, 0) is 0 Å². The molecule has 0 aliphatic heterocycles. The van der Waals surface area contributed by atoms with Gasteiger partial charge in [0.05, 0.1) is 22.6 Å². The zero-order valence-corrected chi connectivity index (χ0v) is 9.68. The molecule has 0 bridgehead atoms. The van der Waals surface area contributed by atoms with Crippen molar-refractivity contribution in [1.82, 2.24) is 4.98 Å². The van der Waals surface area contributed by atoms with Crippen LogP contribution in [0.25, 0.3) is 0 Å². The van der Waals surface area contributed by atoms with Gasteiger partial charge < -0.3 is 10.0 Å². The van der Waals surface area contributed by atoms with Gasteiger partial charge in [-0.15, -0.1) is 0 Å². The number of nitro groups is 1. The van der Waals surface area contributed by atoms with Crippen molar-refractivity contribution < 1.29 is 10.0 Å². The molecule has 88 valence electrons. The Balaban J connectivity index is 3.03. The van der Waals surface area contributed by atoms with E-state index in [2.05, 4.69) is 4.98 Å². The van der Waals surface area contributed by atoms with Crippen molar-refractivity contribution >= 4 is 23.1 Å². The van der Waals surface area contributed by atoms with Gasteiger partial charge in [0.2, 0.25) is 0 Å². The second kappa shape index (κ2) is 5.09. The first-order valence-electron chi connectivity index (χ1n) is 4.61. The van der Waals surface area contributed by atoms with Gasteiger partial charge in [0, 0.05) is 13.1 Å². The topological polar surface area (TPSA) is 79.5 Å². The molecule has 1 atom stereocenters. The fourth-order valence-corrected chi connectivity index (χ4v) is 1.41. The number of halogens is 1. The zero-order valence-electron chi connectivity index (χ0n) is 8.92. The Kier molecular flexibility index (Phi) is 4.03. The highest BCUT2D eigenvalue weighted by Crippen LogP contribution is 2.27. The van der Waals surface area contributed by atoms with Crippen LogP contribution >= 0.6 is 11.6 Å². The minimum atomic E-state index is -0.557. The lowest BCUT2D eigenvalue weighted by Gasteiger charge is -2.24. The number of hydrogen-bond acceptors (Lipinski definition) is 5. The van der Waals surface area contributed by atoms with Gasteiger partial charge >= 0.3 is 0 Å². The number of pyridine rings is 1. The standard InChI is InChI=1S/C9H12ClN3O3/c1-6(5-14)12(2)9-8(10)3-7(4-11-9)13(15)16/h3-4,6,14H,5H2,1-2H3. The van der Waals surface area contributed by atoms with Crippen molar-refractivity contribution in [3.8, 4) is 0 Å². The first-order valence-corrected chi connectivity index (χ1v) is 4.98. The van der Waals surface area contributed by atoms with Gasteiger partial charge in [-0.25, -0.2) is 4.98 Å². The van der Waals surface area contributed by atoms with E-state index < -0.39 is 4.92 Å². The van der Waals surface area contributed by atoms with Crippen LogP contribution in [0, 0.1) is 10.1 Å². The molecule has 1 heterocycles. The number of rotatable bonds is 4. The van der Waals surface area contributed by atoms with Gasteiger partial charge in [-0.05, 0) is 6.92 Å². The Labute approximate surface area is 97.6 Å². The summed E-state index contributed by atoms with van der Waals surface area (Å²) >= 11 is 5.88. The number of aliphatic hydroxyl groups is 1. The van der Waals surface area contributed by atoms with Crippen LogP contribution in [-0.4, -0.2) is 34.7 Å². The lowest BCUT2D eigenvalue weighted by atomic mass is 10.3. The number of aliphatic hydroxyl groups excluding tert-OH is 1. The molecule has 6 nitrogen and oxygen atoms in total. The average molecular weight is 246 g/mol. The highest BCUT2D eigenvalue weighted by molar-refractivity contribution is 6.33. The molecule has 16 heavy (non-hydrogen) atoms. The normalized spacial score (nSPS) is 12.2. The van der Waals surface area contributed by atoms with Crippen LogP contribution < -0.4 is 4.90 Å². The van der Waals surface area contributed by atoms with Gasteiger partial charge in [0.1, 0.15) is 12.0 Å². The van der Waals surface area contributed by atoms with Crippen LogP contribution in [0.3, 0.4) is 0 Å². The molecule has 1 unspecified atom stereocenters. The van der Waals surface area contributed by atoms with Gasteiger partial charge in [0.15, 0.2) is 0 Å². The lowest BCUT2D eigenvalue weighted by molar-refractivity contribution is -0.385. The third kappa shape index (κ3) is 2.59. The smallest absolute Gasteiger partial charge is 0.289 e. The summed E-state index contributed by atoms with van der Waals surface area (Å²) in [6.45, 7) is 1.74. The van der Waals surface area contributed by atoms with Crippen LogP contribution in [0.1, 0.15) is 6.92 Å². The molecule has 7 heteroatoms. The molecule has 0 radical (unpaired) electrons. The molecule has 0 amide bonds. The Hall–Kier alpha value is -1.40. The summed E-state index contributed by atoms with van der Waals surface area (Å²) in [5.41, 5.74) is -0.154. The van der Waals surface area contributed by atoms with Crippen LogP contribution in [0.4, 0.5) is 11.5 Å². The van der Waals surface area contributed by atoms with Crippen LogP contribution in [0.15, 0.2) is 12.3 Å². The number of likely N-dealkylation sites (N-methyl/N-ethyl adjacent to an activating group) is 1. The van der Waals surface area contributed by atoms with Crippen molar-refractivity contribution in [2.75, 3.05) is 18.6 Å². The highest BCUT2D eigenvalue weighted by atomic mass is 35.5. The van der Waals surface area contributed by atoms with E-state index in [0.29, 0.717) is 5.82 Å². The largest absolute Gasteiger partial charge is 0.394 e. The van der Waals surface area contributed by atoms with Gasteiger partial charge in [-0.3, -0.25) is 10.1 Å².